The van der Waals surface area contributed by atoms with E-state index < -0.39 is 0 Å². The molecule has 19 heavy (non-hydrogen) atoms. The molecular weight excluding hydrogens is 263 g/mol. The molecule has 1 aliphatic rings. The van der Waals surface area contributed by atoms with E-state index in [0.29, 0.717) is 22.7 Å². The molecule has 106 valence electrons. The molecule has 0 aromatic heterocycles. The molecule has 1 aromatic rings. The van der Waals surface area contributed by atoms with Gasteiger partial charge in [-0.3, -0.25) is 0 Å². The van der Waals surface area contributed by atoms with Gasteiger partial charge in [0.2, 0.25) is 0 Å². The molecule has 0 spiro atoms. The van der Waals surface area contributed by atoms with Crippen molar-refractivity contribution < 1.29 is 4.39 Å². The van der Waals surface area contributed by atoms with Crippen molar-refractivity contribution in [1.29, 1.82) is 0 Å². The Labute approximate surface area is 119 Å². The predicted molar refractivity (Wildman–Crippen MR) is 79.5 cm³/mol. The standard InChI is InChI=1S/C15H22ClFN2/c1-11(2)8-13-10-19(7-3-6-18-13)15-9-12(16)4-5-14(15)17/h4-5,9,11,13,18H,3,6-8,10H2,1-2H3. The Kier molecular flexibility index (Phi) is 5.06. The van der Waals surface area contributed by atoms with Crippen LogP contribution in [0.5, 0.6) is 0 Å². The summed E-state index contributed by atoms with van der Waals surface area (Å²) in [4.78, 5) is 2.12. The van der Waals surface area contributed by atoms with Gasteiger partial charge in [0.05, 0.1) is 5.69 Å². The minimum Gasteiger partial charge on any atom is -0.368 e. The van der Waals surface area contributed by atoms with Crippen molar-refractivity contribution in [2.75, 3.05) is 24.5 Å². The molecule has 1 aromatic carbocycles. The number of hydrogen-bond donors (Lipinski definition) is 1. The number of hydrogen-bond acceptors (Lipinski definition) is 2. The minimum atomic E-state index is -0.186. The number of nitrogens with one attached hydrogen (secondary N) is 1. The summed E-state index contributed by atoms with van der Waals surface area (Å²) in [5, 5.41) is 4.14. The number of benzene rings is 1. The van der Waals surface area contributed by atoms with Crippen LogP contribution in [0.2, 0.25) is 5.02 Å². The molecule has 1 heterocycles. The first-order valence-corrected chi connectivity index (χ1v) is 7.37. The van der Waals surface area contributed by atoms with Crippen LogP contribution < -0.4 is 10.2 Å². The Morgan fingerprint density at radius 3 is 3.00 bits per heavy atom. The lowest BCUT2D eigenvalue weighted by atomic mass is 10.0. The Morgan fingerprint density at radius 1 is 1.47 bits per heavy atom. The largest absolute Gasteiger partial charge is 0.368 e. The molecule has 1 N–H and O–H groups in total. The lowest BCUT2D eigenvalue weighted by Gasteiger charge is -2.27. The van der Waals surface area contributed by atoms with Crippen molar-refractivity contribution >= 4 is 17.3 Å². The summed E-state index contributed by atoms with van der Waals surface area (Å²) in [6.07, 6.45) is 2.14. The molecule has 0 radical (unpaired) electrons. The number of halogens is 2. The van der Waals surface area contributed by atoms with Crippen LogP contribution in [0.1, 0.15) is 26.7 Å². The molecular formula is C15H22ClFN2. The van der Waals surface area contributed by atoms with E-state index in [1.807, 2.05) is 0 Å². The molecule has 2 nitrogen and oxygen atoms in total. The smallest absolute Gasteiger partial charge is 0.146 e. The summed E-state index contributed by atoms with van der Waals surface area (Å²) in [5.41, 5.74) is 0.630. The van der Waals surface area contributed by atoms with Crippen molar-refractivity contribution in [1.82, 2.24) is 5.32 Å². The zero-order valence-electron chi connectivity index (χ0n) is 11.6. The van der Waals surface area contributed by atoms with Crippen LogP contribution in [0.3, 0.4) is 0 Å². The summed E-state index contributed by atoms with van der Waals surface area (Å²) in [6, 6.07) is 5.20. The van der Waals surface area contributed by atoms with E-state index in [0.717, 1.165) is 32.5 Å². The maximum absolute atomic E-state index is 14.0. The van der Waals surface area contributed by atoms with Gasteiger partial charge in [-0.2, -0.15) is 0 Å². The van der Waals surface area contributed by atoms with Gasteiger partial charge in [-0.1, -0.05) is 25.4 Å². The molecule has 0 saturated carbocycles. The van der Waals surface area contributed by atoms with Crippen LogP contribution >= 0.6 is 11.6 Å². The van der Waals surface area contributed by atoms with Gasteiger partial charge >= 0.3 is 0 Å². The van der Waals surface area contributed by atoms with E-state index in [4.69, 9.17) is 11.6 Å². The highest BCUT2D eigenvalue weighted by atomic mass is 35.5. The zero-order valence-corrected chi connectivity index (χ0v) is 12.4. The first-order chi connectivity index (χ1) is 9.06. The normalized spacial score (nSPS) is 20.7. The molecule has 1 fully saturated rings. The molecule has 1 atom stereocenters. The van der Waals surface area contributed by atoms with E-state index in [1.54, 1.807) is 12.1 Å². The van der Waals surface area contributed by atoms with Gasteiger partial charge in [-0.15, -0.1) is 0 Å². The minimum absolute atomic E-state index is 0.186. The number of nitrogens with zero attached hydrogens (tertiary/aromatic N) is 1. The second-order valence-electron chi connectivity index (χ2n) is 5.68. The van der Waals surface area contributed by atoms with Gasteiger partial charge in [0.25, 0.3) is 0 Å². The van der Waals surface area contributed by atoms with Crippen molar-refractivity contribution in [3.05, 3.63) is 29.0 Å². The van der Waals surface area contributed by atoms with Gasteiger partial charge in [-0.05, 0) is 43.5 Å². The zero-order chi connectivity index (χ0) is 13.8. The highest BCUT2D eigenvalue weighted by Gasteiger charge is 2.20. The molecule has 1 aliphatic heterocycles. The monoisotopic (exact) mass is 284 g/mol. The van der Waals surface area contributed by atoms with E-state index in [9.17, 15) is 4.39 Å². The maximum atomic E-state index is 14.0. The van der Waals surface area contributed by atoms with Crippen molar-refractivity contribution in [3.63, 3.8) is 0 Å². The summed E-state index contributed by atoms with van der Waals surface area (Å²) >= 11 is 5.99. The highest BCUT2D eigenvalue weighted by molar-refractivity contribution is 6.30. The van der Waals surface area contributed by atoms with Gasteiger partial charge in [0.15, 0.2) is 0 Å². The van der Waals surface area contributed by atoms with E-state index in [2.05, 4.69) is 24.1 Å². The van der Waals surface area contributed by atoms with Gasteiger partial charge in [-0.25, -0.2) is 4.39 Å². The van der Waals surface area contributed by atoms with Crippen LogP contribution in [0.4, 0.5) is 10.1 Å². The fourth-order valence-electron chi connectivity index (χ4n) is 2.67. The third-order valence-electron chi connectivity index (χ3n) is 3.48. The highest BCUT2D eigenvalue weighted by Crippen LogP contribution is 2.25. The quantitative estimate of drug-likeness (QED) is 0.911. The molecule has 0 bridgehead atoms. The Morgan fingerprint density at radius 2 is 2.26 bits per heavy atom. The number of anilines is 1. The molecule has 0 aliphatic carbocycles. The van der Waals surface area contributed by atoms with Gasteiger partial charge in [0.1, 0.15) is 5.82 Å². The van der Waals surface area contributed by atoms with Crippen LogP contribution in [0, 0.1) is 11.7 Å². The maximum Gasteiger partial charge on any atom is 0.146 e. The first-order valence-electron chi connectivity index (χ1n) is 6.99. The van der Waals surface area contributed by atoms with Crippen molar-refractivity contribution in [2.24, 2.45) is 5.92 Å². The molecule has 1 saturated heterocycles. The SMILES string of the molecule is CC(C)CC1CN(c2cc(Cl)ccc2F)CCCN1. The van der Waals surface area contributed by atoms with Gasteiger partial charge < -0.3 is 10.2 Å². The molecule has 1 unspecified atom stereocenters. The fourth-order valence-corrected chi connectivity index (χ4v) is 2.84. The lowest BCUT2D eigenvalue weighted by molar-refractivity contribution is 0.435. The summed E-state index contributed by atoms with van der Waals surface area (Å²) < 4.78 is 14.0. The average molecular weight is 285 g/mol. The van der Waals surface area contributed by atoms with E-state index in [-0.39, 0.29) is 5.82 Å². The summed E-state index contributed by atoms with van der Waals surface area (Å²) in [7, 11) is 0. The van der Waals surface area contributed by atoms with Gasteiger partial charge in [0, 0.05) is 24.2 Å². The molecule has 0 amide bonds. The predicted octanol–water partition coefficient (Wildman–Crippen LogP) is 3.69. The first kappa shape index (κ1) is 14.6. The Balaban J connectivity index is 2.15. The Hall–Kier alpha value is -0.800. The topological polar surface area (TPSA) is 15.3 Å². The number of rotatable bonds is 3. The Bertz CT molecular complexity index is 423. The van der Waals surface area contributed by atoms with Crippen LogP contribution in [0.25, 0.3) is 0 Å². The van der Waals surface area contributed by atoms with Crippen LogP contribution in [0.15, 0.2) is 18.2 Å². The second-order valence-corrected chi connectivity index (χ2v) is 6.11. The third kappa shape index (κ3) is 4.08. The summed E-state index contributed by atoms with van der Waals surface area (Å²) in [6.45, 7) is 7.15. The second kappa shape index (κ2) is 6.58. The van der Waals surface area contributed by atoms with Crippen molar-refractivity contribution in [3.8, 4) is 0 Å². The lowest BCUT2D eigenvalue weighted by Crippen LogP contribution is -2.38. The van der Waals surface area contributed by atoms with E-state index in [1.165, 1.54) is 6.07 Å². The third-order valence-corrected chi connectivity index (χ3v) is 3.72. The van der Waals surface area contributed by atoms with E-state index >= 15 is 0 Å². The molecule has 4 heteroatoms. The van der Waals surface area contributed by atoms with Crippen molar-refractivity contribution in [2.45, 2.75) is 32.7 Å². The van der Waals surface area contributed by atoms with Crippen LogP contribution in [-0.4, -0.2) is 25.7 Å². The van der Waals surface area contributed by atoms with Crippen LogP contribution in [-0.2, 0) is 0 Å². The molecule has 2 rings (SSSR count). The average Bonchev–Trinajstić information content (AvgIpc) is 2.57. The fraction of sp³-hybridized carbons (Fsp3) is 0.600. The summed E-state index contributed by atoms with van der Waals surface area (Å²) in [5.74, 6) is 0.455.